The van der Waals surface area contributed by atoms with Gasteiger partial charge >= 0.3 is 6.18 Å². The minimum atomic E-state index is -4.31. The van der Waals surface area contributed by atoms with Crippen molar-refractivity contribution in [2.75, 3.05) is 17.7 Å². The normalized spacial score (nSPS) is 11.8. The van der Waals surface area contributed by atoms with Gasteiger partial charge in [-0.2, -0.15) is 13.2 Å². The Bertz CT molecular complexity index is 486. The highest BCUT2D eigenvalue weighted by Crippen LogP contribution is 2.32. The average molecular weight is 305 g/mol. The Hall–Kier alpha value is -1.37. The Morgan fingerprint density at radius 1 is 1.40 bits per heavy atom. The predicted octanol–water partition coefficient (Wildman–Crippen LogP) is 3.47. The molecule has 0 fully saturated rings. The van der Waals surface area contributed by atoms with Gasteiger partial charge < -0.3 is 10.6 Å². The number of nitrogens with two attached hydrogens (primary N) is 1. The van der Waals surface area contributed by atoms with Gasteiger partial charge in [-0.1, -0.05) is 6.07 Å². The quantitative estimate of drug-likeness (QED) is 0.497. The molecule has 0 saturated carbocycles. The maximum atomic E-state index is 12.7. The third kappa shape index (κ3) is 4.06. The van der Waals surface area contributed by atoms with Crippen LogP contribution >= 0.6 is 11.8 Å². The van der Waals surface area contributed by atoms with E-state index >= 15 is 0 Å². The first-order chi connectivity index (χ1) is 9.17. The van der Waals surface area contributed by atoms with Crippen LogP contribution in [0.2, 0.25) is 0 Å². The summed E-state index contributed by atoms with van der Waals surface area (Å²) in [5.41, 5.74) is 6.26. The fraction of sp³-hybridized carbons (Fsp3) is 0.462. The number of nitrogens with zero attached hydrogens (tertiary/aromatic N) is 1. The first kappa shape index (κ1) is 16.7. The molecule has 0 unspecified atom stereocenters. The van der Waals surface area contributed by atoms with Gasteiger partial charge in [0.15, 0.2) is 0 Å². The molecule has 0 atom stereocenters. The van der Waals surface area contributed by atoms with E-state index in [1.807, 2.05) is 0 Å². The molecule has 0 amide bonds. The van der Waals surface area contributed by atoms with Gasteiger partial charge in [0.25, 0.3) is 0 Å². The topological polar surface area (TPSA) is 53.1 Å². The number of hydrogen-bond donors (Lipinski definition) is 2. The van der Waals surface area contributed by atoms with E-state index in [9.17, 15) is 13.2 Å². The Morgan fingerprint density at radius 3 is 2.40 bits per heavy atom. The molecule has 1 aromatic rings. The largest absolute Gasteiger partial charge is 0.405 e. The van der Waals surface area contributed by atoms with Crippen molar-refractivity contribution in [3.63, 3.8) is 0 Å². The van der Waals surface area contributed by atoms with Crippen molar-refractivity contribution in [2.24, 2.45) is 5.73 Å². The van der Waals surface area contributed by atoms with Gasteiger partial charge in [-0.3, -0.25) is 5.41 Å². The highest BCUT2D eigenvalue weighted by Gasteiger charge is 2.33. The van der Waals surface area contributed by atoms with E-state index in [-0.39, 0.29) is 11.9 Å². The van der Waals surface area contributed by atoms with E-state index in [1.165, 1.54) is 16.7 Å². The molecule has 1 rings (SSSR count). The number of rotatable bonds is 5. The number of thioether (sulfide) groups is 1. The fourth-order valence-corrected chi connectivity index (χ4v) is 2.57. The van der Waals surface area contributed by atoms with Crippen molar-refractivity contribution in [1.29, 1.82) is 5.41 Å². The molecule has 0 aromatic heterocycles. The van der Waals surface area contributed by atoms with Gasteiger partial charge in [-0.25, -0.2) is 0 Å². The summed E-state index contributed by atoms with van der Waals surface area (Å²) in [5, 5.41) is 7.64. The van der Waals surface area contributed by atoms with Crippen LogP contribution in [0.25, 0.3) is 0 Å². The monoisotopic (exact) mass is 305 g/mol. The maximum Gasteiger partial charge on any atom is 0.405 e. The van der Waals surface area contributed by atoms with Crippen LogP contribution in [0.3, 0.4) is 0 Å². The molecule has 0 saturated heterocycles. The summed E-state index contributed by atoms with van der Waals surface area (Å²) in [6.07, 6.45) is -2.51. The molecule has 0 aliphatic carbocycles. The van der Waals surface area contributed by atoms with Crippen molar-refractivity contribution in [2.45, 2.75) is 31.0 Å². The molecule has 0 radical (unpaired) electrons. The maximum absolute atomic E-state index is 12.7. The van der Waals surface area contributed by atoms with Crippen LogP contribution in [0.4, 0.5) is 18.9 Å². The third-order valence-corrected chi connectivity index (χ3v) is 3.56. The number of benzene rings is 1. The van der Waals surface area contributed by atoms with E-state index in [4.69, 9.17) is 11.1 Å². The lowest BCUT2D eigenvalue weighted by Gasteiger charge is -2.32. The lowest BCUT2D eigenvalue weighted by atomic mass is 10.1. The fourth-order valence-electron chi connectivity index (χ4n) is 1.94. The molecular weight excluding hydrogens is 287 g/mol. The number of halogens is 3. The predicted molar refractivity (Wildman–Crippen MR) is 77.8 cm³/mol. The first-order valence-corrected chi connectivity index (χ1v) is 7.24. The Balaban J connectivity index is 3.37. The van der Waals surface area contributed by atoms with Crippen molar-refractivity contribution in [3.05, 3.63) is 23.8 Å². The highest BCUT2D eigenvalue weighted by molar-refractivity contribution is 7.98. The van der Waals surface area contributed by atoms with E-state index in [0.717, 1.165) is 0 Å². The Morgan fingerprint density at radius 2 is 2.00 bits per heavy atom. The number of anilines is 1. The molecule has 20 heavy (non-hydrogen) atoms. The lowest BCUT2D eigenvalue weighted by Crippen LogP contribution is -2.40. The number of alkyl halides is 3. The molecular formula is C13H18F3N3S. The Labute approximate surface area is 120 Å². The highest BCUT2D eigenvalue weighted by atomic mass is 32.2. The zero-order valence-electron chi connectivity index (χ0n) is 11.6. The molecule has 112 valence electrons. The summed E-state index contributed by atoms with van der Waals surface area (Å²) in [7, 11) is 0. The molecule has 0 aliphatic rings. The van der Waals surface area contributed by atoms with Crippen LogP contribution in [0.15, 0.2) is 23.1 Å². The SMILES string of the molecule is CSc1cccc(N(CC(F)(F)F)C(C)C)c1C(=N)N. The smallest absolute Gasteiger partial charge is 0.384 e. The second-order valence-electron chi connectivity index (χ2n) is 4.60. The summed E-state index contributed by atoms with van der Waals surface area (Å²) in [6, 6.07) is 4.64. The van der Waals surface area contributed by atoms with E-state index in [0.29, 0.717) is 16.1 Å². The lowest BCUT2D eigenvalue weighted by molar-refractivity contribution is -0.120. The molecule has 0 spiro atoms. The standard InChI is InChI=1S/C13H18F3N3S/c1-8(2)19(7-13(14,15)16)9-5-4-6-10(20-3)11(9)12(17)18/h4-6,8H,7H2,1-3H3,(H3,17,18). The van der Waals surface area contributed by atoms with Gasteiger partial charge in [0.1, 0.15) is 12.4 Å². The summed E-state index contributed by atoms with van der Waals surface area (Å²) in [6.45, 7) is 2.30. The van der Waals surface area contributed by atoms with Crippen molar-refractivity contribution >= 4 is 23.3 Å². The number of nitrogen functional groups attached to an aromatic ring is 1. The van der Waals surface area contributed by atoms with Crippen LogP contribution in [0, 0.1) is 5.41 Å². The van der Waals surface area contributed by atoms with E-state index < -0.39 is 12.7 Å². The summed E-state index contributed by atoms with van der Waals surface area (Å²) in [4.78, 5) is 1.92. The zero-order chi connectivity index (χ0) is 15.5. The van der Waals surface area contributed by atoms with Crippen LogP contribution in [0.1, 0.15) is 19.4 Å². The van der Waals surface area contributed by atoms with E-state index in [1.54, 1.807) is 38.3 Å². The minimum absolute atomic E-state index is 0.224. The second-order valence-corrected chi connectivity index (χ2v) is 5.45. The average Bonchev–Trinajstić information content (AvgIpc) is 2.33. The van der Waals surface area contributed by atoms with Gasteiger partial charge in [0, 0.05) is 16.6 Å². The zero-order valence-corrected chi connectivity index (χ0v) is 12.4. The minimum Gasteiger partial charge on any atom is -0.384 e. The van der Waals surface area contributed by atoms with Gasteiger partial charge in [-0.05, 0) is 32.2 Å². The molecule has 0 bridgehead atoms. The van der Waals surface area contributed by atoms with Crippen LogP contribution in [-0.2, 0) is 0 Å². The second kappa shape index (κ2) is 6.39. The van der Waals surface area contributed by atoms with Gasteiger partial charge in [0.2, 0.25) is 0 Å². The number of hydrogen-bond acceptors (Lipinski definition) is 3. The van der Waals surface area contributed by atoms with E-state index in [2.05, 4.69) is 0 Å². The summed E-state index contributed by atoms with van der Waals surface area (Å²) < 4.78 is 38.2. The molecule has 3 nitrogen and oxygen atoms in total. The number of amidine groups is 1. The van der Waals surface area contributed by atoms with Crippen molar-refractivity contribution in [1.82, 2.24) is 0 Å². The number of nitrogens with one attached hydrogen (secondary N) is 1. The summed E-state index contributed by atoms with van der Waals surface area (Å²) >= 11 is 1.36. The first-order valence-electron chi connectivity index (χ1n) is 6.02. The third-order valence-electron chi connectivity index (χ3n) is 2.78. The Kier molecular flexibility index (Phi) is 5.33. The van der Waals surface area contributed by atoms with Crippen LogP contribution in [0.5, 0.6) is 0 Å². The van der Waals surface area contributed by atoms with Crippen molar-refractivity contribution in [3.8, 4) is 0 Å². The summed E-state index contributed by atoms with van der Waals surface area (Å²) in [5.74, 6) is -0.224. The molecule has 3 N–H and O–H groups in total. The molecule has 0 aliphatic heterocycles. The molecule has 0 heterocycles. The molecule has 7 heteroatoms. The van der Waals surface area contributed by atoms with Gasteiger partial charge in [0.05, 0.1) is 5.56 Å². The van der Waals surface area contributed by atoms with Crippen molar-refractivity contribution < 1.29 is 13.2 Å². The molecule has 1 aromatic carbocycles. The van der Waals surface area contributed by atoms with Gasteiger partial charge in [-0.15, -0.1) is 11.8 Å². The van der Waals surface area contributed by atoms with Crippen LogP contribution < -0.4 is 10.6 Å². The van der Waals surface area contributed by atoms with Crippen LogP contribution in [-0.4, -0.2) is 30.9 Å².